The Balaban J connectivity index is 1.74. The van der Waals surface area contributed by atoms with Gasteiger partial charge >= 0.3 is 0 Å². The quantitative estimate of drug-likeness (QED) is 0.598. The molecule has 26 heavy (non-hydrogen) atoms. The van der Waals surface area contributed by atoms with Gasteiger partial charge in [0.15, 0.2) is 0 Å². The highest BCUT2D eigenvalue weighted by atomic mass is 32.2. The highest BCUT2D eigenvalue weighted by molar-refractivity contribution is 8.03. The molecule has 1 aromatic carbocycles. The topological polar surface area (TPSA) is 50.5 Å². The molecule has 2 aromatic heterocycles. The van der Waals surface area contributed by atoms with Crippen molar-refractivity contribution in [3.8, 4) is 0 Å². The lowest BCUT2D eigenvalue weighted by atomic mass is 10.2. The summed E-state index contributed by atoms with van der Waals surface area (Å²) in [5.74, 6) is -0.541. The van der Waals surface area contributed by atoms with E-state index in [0.29, 0.717) is 26.9 Å². The second kappa shape index (κ2) is 6.93. The summed E-state index contributed by atoms with van der Waals surface area (Å²) in [4.78, 5) is 27.9. The van der Waals surface area contributed by atoms with Crippen molar-refractivity contribution in [2.45, 2.75) is 5.75 Å². The number of benzene rings is 1. The number of hydrogen-bond acceptors (Lipinski definition) is 5. The second-order valence-electron chi connectivity index (χ2n) is 5.45. The summed E-state index contributed by atoms with van der Waals surface area (Å²) in [6.07, 6.45) is 1.55. The number of hydrogen-bond donors (Lipinski definition) is 0. The van der Waals surface area contributed by atoms with E-state index in [1.165, 1.54) is 41.3 Å². The van der Waals surface area contributed by atoms with Gasteiger partial charge in [0, 0.05) is 4.88 Å². The fourth-order valence-corrected chi connectivity index (χ4v) is 4.51. The molecule has 0 fully saturated rings. The van der Waals surface area contributed by atoms with Crippen molar-refractivity contribution in [3.63, 3.8) is 0 Å². The Morgan fingerprint density at radius 3 is 2.58 bits per heavy atom. The molecule has 4 nitrogen and oxygen atoms in total. The molecule has 0 saturated heterocycles. The molecule has 1 aliphatic rings. The first-order valence-electron chi connectivity index (χ1n) is 7.73. The van der Waals surface area contributed by atoms with Crippen molar-refractivity contribution in [1.29, 1.82) is 0 Å². The van der Waals surface area contributed by atoms with Crippen LogP contribution in [0.25, 0.3) is 5.57 Å². The molecule has 3 aromatic rings. The van der Waals surface area contributed by atoms with Crippen LogP contribution in [-0.4, -0.2) is 11.8 Å². The minimum Gasteiger partial charge on any atom is -0.468 e. The number of rotatable bonds is 5. The Bertz CT molecular complexity index is 994. The summed E-state index contributed by atoms with van der Waals surface area (Å²) in [6, 6.07) is 12.9. The van der Waals surface area contributed by atoms with Crippen LogP contribution in [0.1, 0.15) is 10.6 Å². The third-order valence-corrected chi connectivity index (χ3v) is 5.82. The van der Waals surface area contributed by atoms with Gasteiger partial charge in [0.2, 0.25) is 0 Å². The maximum absolute atomic E-state index is 14.2. The molecular weight excluding hydrogens is 373 g/mol. The van der Waals surface area contributed by atoms with Crippen LogP contribution < -0.4 is 4.90 Å². The average Bonchev–Trinajstić information content (AvgIpc) is 3.36. The third kappa shape index (κ3) is 2.89. The van der Waals surface area contributed by atoms with E-state index in [-0.39, 0.29) is 5.69 Å². The zero-order valence-corrected chi connectivity index (χ0v) is 15.0. The first-order valence-corrected chi connectivity index (χ1v) is 9.60. The summed E-state index contributed by atoms with van der Waals surface area (Å²) in [5.41, 5.74) is 0.273. The summed E-state index contributed by atoms with van der Waals surface area (Å²) >= 11 is 2.59. The normalized spacial score (nSPS) is 14.6. The maximum atomic E-state index is 14.2. The van der Waals surface area contributed by atoms with E-state index in [9.17, 15) is 14.0 Å². The van der Waals surface area contributed by atoms with Crippen LogP contribution in [0.5, 0.6) is 0 Å². The van der Waals surface area contributed by atoms with Gasteiger partial charge in [-0.05, 0) is 35.7 Å². The molecule has 0 bridgehead atoms. The molecule has 2 amide bonds. The van der Waals surface area contributed by atoms with E-state index in [2.05, 4.69) is 0 Å². The molecular formula is C19H12FNO3S2. The van der Waals surface area contributed by atoms with Crippen molar-refractivity contribution in [2.75, 3.05) is 4.90 Å². The Hall–Kier alpha value is -2.64. The number of halogens is 1. The summed E-state index contributed by atoms with van der Waals surface area (Å²) < 4.78 is 19.5. The summed E-state index contributed by atoms with van der Waals surface area (Å²) in [7, 11) is 0. The molecule has 0 saturated carbocycles. The van der Waals surface area contributed by atoms with Crippen molar-refractivity contribution < 1.29 is 18.4 Å². The van der Waals surface area contributed by atoms with Crippen LogP contribution >= 0.6 is 23.1 Å². The van der Waals surface area contributed by atoms with Gasteiger partial charge < -0.3 is 4.42 Å². The monoisotopic (exact) mass is 385 g/mol. The molecule has 0 aliphatic carbocycles. The number of amides is 2. The lowest BCUT2D eigenvalue weighted by Crippen LogP contribution is -2.32. The predicted octanol–water partition coefficient (Wildman–Crippen LogP) is 4.70. The highest BCUT2D eigenvalue weighted by Gasteiger charge is 2.41. The first kappa shape index (κ1) is 16.8. The van der Waals surface area contributed by atoms with E-state index in [4.69, 9.17) is 4.42 Å². The van der Waals surface area contributed by atoms with E-state index in [1.807, 2.05) is 11.4 Å². The predicted molar refractivity (Wildman–Crippen MR) is 100 cm³/mol. The van der Waals surface area contributed by atoms with Gasteiger partial charge in [-0.1, -0.05) is 18.2 Å². The molecule has 130 valence electrons. The van der Waals surface area contributed by atoms with Crippen LogP contribution in [0.2, 0.25) is 0 Å². The largest absolute Gasteiger partial charge is 0.468 e. The van der Waals surface area contributed by atoms with Gasteiger partial charge in [-0.3, -0.25) is 9.59 Å². The van der Waals surface area contributed by atoms with Crippen molar-refractivity contribution in [1.82, 2.24) is 0 Å². The van der Waals surface area contributed by atoms with Crippen molar-refractivity contribution >= 4 is 46.2 Å². The average molecular weight is 385 g/mol. The van der Waals surface area contributed by atoms with Crippen LogP contribution in [0.4, 0.5) is 10.1 Å². The first-order chi connectivity index (χ1) is 12.7. The van der Waals surface area contributed by atoms with Gasteiger partial charge in [0.25, 0.3) is 11.8 Å². The number of carbonyl (C=O) groups is 2. The Kier molecular flexibility index (Phi) is 4.48. The minimum atomic E-state index is -0.614. The van der Waals surface area contributed by atoms with Gasteiger partial charge in [-0.2, -0.15) is 0 Å². The van der Waals surface area contributed by atoms with Crippen LogP contribution in [0.15, 0.2) is 69.5 Å². The Morgan fingerprint density at radius 2 is 1.88 bits per heavy atom. The van der Waals surface area contributed by atoms with Gasteiger partial charge in [0.1, 0.15) is 11.6 Å². The van der Waals surface area contributed by atoms with Crippen molar-refractivity contribution in [3.05, 3.63) is 81.5 Å². The molecule has 7 heteroatoms. The van der Waals surface area contributed by atoms with Crippen LogP contribution in [0.3, 0.4) is 0 Å². The lowest BCUT2D eigenvalue weighted by Gasteiger charge is -2.15. The number of anilines is 1. The molecule has 4 rings (SSSR count). The number of para-hydroxylation sites is 1. The minimum absolute atomic E-state index is 0.0369. The van der Waals surface area contributed by atoms with Gasteiger partial charge in [-0.25, -0.2) is 9.29 Å². The lowest BCUT2D eigenvalue weighted by molar-refractivity contribution is -0.119. The number of carbonyl (C=O) groups excluding carboxylic acids is 2. The molecule has 0 unspecified atom stereocenters. The summed E-state index contributed by atoms with van der Waals surface area (Å²) in [5, 5.41) is 1.83. The summed E-state index contributed by atoms with van der Waals surface area (Å²) in [6.45, 7) is 0. The van der Waals surface area contributed by atoms with Crippen LogP contribution in [-0.2, 0) is 15.3 Å². The molecule has 3 heterocycles. The van der Waals surface area contributed by atoms with E-state index >= 15 is 0 Å². The maximum Gasteiger partial charge on any atom is 0.272 e. The third-order valence-electron chi connectivity index (χ3n) is 3.84. The smallest absolute Gasteiger partial charge is 0.272 e. The molecule has 0 spiro atoms. The van der Waals surface area contributed by atoms with E-state index in [0.717, 1.165) is 4.90 Å². The fourth-order valence-electron chi connectivity index (χ4n) is 2.67. The number of furan rings is 1. The Labute approximate surface area is 156 Å². The molecule has 0 atom stereocenters. The van der Waals surface area contributed by atoms with Gasteiger partial charge in [0.05, 0.1) is 28.2 Å². The van der Waals surface area contributed by atoms with E-state index < -0.39 is 17.6 Å². The molecule has 0 radical (unpaired) electrons. The zero-order chi connectivity index (χ0) is 18.1. The molecule has 0 N–H and O–H groups in total. The van der Waals surface area contributed by atoms with E-state index in [1.54, 1.807) is 30.5 Å². The van der Waals surface area contributed by atoms with Crippen LogP contribution in [0, 0.1) is 5.82 Å². The standard InChI is InChI=1S/C19H12FNO3S2/c20-13-6-1-2-7-14(13)21-18(22)16(15-8-4-10-25-15)17(19(21)23)26-11-12-5-3-9-24-12/h1-10H,11H2. The zero-order valence-electron chi connectivity index (χ0n) is 13.3. The number of imide groups is 1. The van der Waals surface area contributed by atoms with Crippen molar-refractivity contribution in [2.24, 2.45) is 0 Å². The number of nitrogens with zero attached hydrogens (tertiary/aromatic N) is 1. The highest BCUT2D eigenvalue weighted by Crippen LogP contribution is 2.41. The second-order valence-corrected chi connectivity index (χ2v) is 7.38. The Morgan fingerprint density at radius 1 is 1.04 bits per heavy atom. The number of thiophene rings is 1. The van der Waals surface area contributed by atoms with Gasteiger partial charge in [-0.15, -0.1) is 23.1 Å². The SMILES string of the molecule is O=C1C(SCc2ccco2)=C(c2cccs2)C(=O)N1c1ccccc1F. The molecule has 1 aliphatic heterocycles. The number of thioether (sulfide) groups is 1. The fraction of sp³-hybridized carbons (Fsp3) is 0.0526.